The lowest BCUT2D eigenvalue weighted by Crippen LogP contribution is -2.18. The molecule has 242 valence electrons. The number of fused-ring (bicyclic) bond motifs is 11. The predicted molar refractivity (Wildman–Crippen MR) is 211 cm³/mol. The normalized spacial score (nSPS) is 14.9. The fraction of sp³-hybridized carbons (Fsp3) is 0.167. The molecule has 0 spiro atoms. The number of nitrogens with zero attached hydrogens (tertiary/aromatic N) is 1. The number of hydrogen-bond donors (Lipinski definition) is 0. The Morgan fingerprint density at radius 2 is 1.12 bits per heavy atom. The van der Waals surface area contributed by atoms with Gasteiger partial charge in [-0.3, -0.25) is 0 Å². The Labute approximate surface area is 293 Å². The van der Waals surface area contributed by atoms with Gasteiger partial charge in [-0.05, 0) is 129 Å². The van der Waals surface area contributed by atoms with Gasteiger partial charge in [0.15, 0.2) is 5.58 Å². The maximum atomic E-state index is 6.62. The summed E-state index contributed by atoms with van der Waals surface area (Å²) in [5.74, 6) is 0. The van der Waals surface area contributed by atoms with Crippen LogP contribution in [0.2, 0.25) is 0 Å². The van der Waals surface area contributed by atoms with Crippen molar-refractivity contribution in [1.82, 2.24) is 0 Å². The van der Waals surface area contributed by atoms with E-state index in [1.165, 1.54) is 66.4 Å². The van der Waals surface area contributed by atoms with Gasteiger partial charge in [0.25, 0.3) is 0 Å². The summed E-state index contributed by atoms with van der Waals surface area (Å²) in [6, 6.07) is 47.3. The summed E-state index contributed by atoms with van der Waals surface area (Å²) in [7, 11) is 0. The van der Waals surface area contributed by atoms with Crippen molar-refractivity contribution in [2.45, 2.75) is 52.4 Å². The van der Waals surface area contributed by atoms with E-state index in [2.05, 4.69) is 168 Å². The van der Waals surface area contributed by atoms with E-state index in [0.717, 1.165) is 39.0 Å². The van der Waals surface area contributed by atoms with Crippen molar-refractivity contribution in [2.24, 2.45) is 0 Å². The number of para-hydroxylation sites is 2. The quantitative estimate of drug-likeness (QED) is 0.190. The topological polar surface area (TPSA) is 16.4 Å². The highest BCUT2D eigenvalue weighted by Crippen LogP contribution is 2.58. The van der Waals surface area contributed by atoms with Gasteiger partial charge in [0.2, 0.25) is 0 Å². The highest BCUT2D eigenvalue weighted by atomic mass is 16.3. The molecule has 10 rings (SSSR count). The first-order valence-corrected chi connectivity index (χ1v) is 17.8. The van der Waals surface area contributed by atoms with Crippen molar-refractivity contribution in [3.8, 4) is 22.3 Å². The van der Waals surface area contributed by atoms with Gasteiger partial charge >= 0.3 is 0 Å². The summed E-state index contributed by atoms with van der Waals surface area (Å²) in [6.45, 7) is 14.0. The molecule has 0 radical (unpaired) electrons. The summed E-state index contributed by atoms with van der Waals surface area (Å²) >= 11 is 0. The van der Waals surface area contributed by atoms with Crippen LogP contribution in [0.4, 0.5) is 17.1 Å². The summed E-state index contributed by atoms with van der Waals surface area (Å²) in [6.07, 6.45) is 0. The lowest BCUT2D eigenvalue weighted by Gasteiger charge is -2.28. The Bertz CT molecular complexity index is 2740. The van der Waals surface area contributed by atoms with Crippen LogP contribution in [0.25, 0.3) is 55.0 Å². The van der Waals surface area contributed by atoms with Crippen molar-refractivity contribution < 1.29 is 4.42 Å². The standard InChI is InChI=1S/C48H39NO/c1-28-18-20-31(24-29(28)2)49(43-16-11-15-37-35-14-9-10-17-44(35)50-46(37)43)32-21-23-34-38-26-42-39(27-41(38)47(3,4)40(34)25-32)36-22-19-30-12-7-8-13-33(30)45(36)48(42,5)6/h7-27H,1-6H3. The number of rotatable bonds is 3. The first-order chi connectivity index (χ1) is 24.1. The molecular weight excluding hydrogens is 607 g/mol. The molecule has 0 atom stereocenters. The van der Waals surface area contributed by atoms with Gasteiger partial charge in [0, 0.05) is 33.0 Å². The summed E-state index contributed by atoms with van der Waals surface area (Å²) in [5.41, 5.74) is 18.4. The number of furan rings is 1. The van der Waals surface area contributed by atoms with Crippen molar-refractivity contribution in [1.29, 1.82) is 0 Å². The van der Waals surface area contributed by atoms with Crippen LogP contribution in [0.3, 0.4) is 0 Å². The second-order valence-electron chi connectivity index (χ2n) is 15.5. The molecule has 0 bridgehead atoms. The molecule has 0 amide bonds. The molecule has 2 nitrogen and oxygen atoms in total. The van der Waals surface area contributed by atoms with Gasteiger partial charge in [-0.1, -0.05) is 107 Å². The molecule has 7 aromatic carbocycles. The summed E-state index contributed by atoms with van der Waals surface area (Å²) < 4.78 is 6.62. The van der Waals surface area contributed by atoms with Crippen LogP contribution in [-0.2, 0) is 10.8 Å². The van der Waals surface area contributed by atoms with Crippen molar-refractivity contribution in [3.63, 3.8) is 0 Å². The molecule has 0 unspecified atom stereocenters. The minimum atomic E-state index is -0.181. The van der Waals surface area contributed by atoms with Crippen LogP contribution in [0.5, 0.6) is 0 Å². The second kappa shape index (κ2) is 9.98. The summed E-state index contributed by atoms with van der Waals surface area (Å²) in [5, 5.41) is 4.94. The average Bonchev–Trinajstić information content (AvgIpc) is 3.69. The molecule has 8 aromatic rings. The number of benzene rings is 7. The third-order valence-electron chi connectivity index (χ3n) is 11.9. The van der Waals surface area contributed by atoms with E-state index in [4.69, 9.17) is 4.42 Å². The monoisotopic (exact) mass is 645 g/mol. The zero-order valence-corrected chi connectivity index (χ0v) is 29.5. The van der Waals surface area contributed by atoms with Crippen LogP contribution in [0.1, 0.15) is 61.1 Å². The molecule has 2 aliphatic rings. The fourth-order valence-corrected chi connectivity index (χ4v) is 9.15. The van der Waals surface area contributed by atoms with E-state index in [1.54, 1.807) is 0 Å². The van der Waals surface area contributed by atoms with E-state index >= 15 is 0 Å². The second-order valence-corrected chi connectivity index (χ2v) is 15.5. The van der Waals surface area contributed by atoms with Crippen molar-refractivity contribution in [2.75, 3.05) is 4.90 Å². The van der Waals surface area contributed by atoms with Crippen LogP contribution in [0, 0.1) is 13.8 Å². The molecule has 1 heterocycles. The molecule has 50 heavy (non-hydrogen) atoms. The van der Waals surface area contributed by atoms with E-state index in [-0.39, 0.29) is 10.8 Å². The largest absolute Gasteiger partial charge is 0.454 e. The van der Waals surface area contributed by atoms with Crippen LogP contribution >= 0.6 is 0 Å². The molecule has 0 saturated heterocycles. The van der Waals surface area contributed by atoms with Gasteiger partial charge in [0.05, 0.1) is 5.69 Å². The van der Waals surface area contributed by atoms with Crippen LogP contribution < -0.4 is 4.90 Å². The Morgan fingerprint density at radius 1 is 0.480 bits per heavy atom. The van der Waals surface area contributed by atoms with E-state index in [0.29, 0.717) is 0 Å². The van der Waals surface area contributed by atoms with E-state index < -0.39 is 0 Å². The van der Waals surface area contributed by atoms with Crippen molar-refractivity contribution in [3.05, 3.63) is 161 Å². The van der Waals surface area contributed by atoms with Gasteiger partial charge in [-0.15, -0.1) is 0 Å². The van der Waals surface area contributed by atoms with Crippen molar-refractivity contribution >= 4 is 49.8 Å². The average molecular weight is 646 g/mol. The smallest absolute Gasteiger partial charge is 0.159 e. The zero-order chi connectivity index (χ0) is 34.1. The molecule has 0 saturated carbocycles. The highest BCUT2D eigenvalue weighted by molar-refractivity contribution is 6.10. The Morgan fingerprint density at radius 3 is 1.94 bits per heavy atom. The lowest BCUT2D eigenvalue weighted by molar-refractivity contribution is 0.654. The van der Waals surface area contributed by atoms with Crippen LogP contribution in [-0.4, -0.2) is 0 Å². The molecule has 2 aliphatic carbocycles. The molecule has 0 N–H and O–H groups in total. The first-order valence-electron chi connectivity index (χ1n) is 17.8. The van der Waals surface area contributed by atoms with E-state index in [9.17, 15) is 0 Å². The minimum Gasteiger partial charge on any atom is -0.454 e. The summed E-state index contributed by atoms with van der Waals surface area (Å²) in [4.78, 5) is 2.39. The van der Waals surface area contributed by atoms with Gasteiger partial charge < -0.3 is 9.32 Å². The SMILES string of the molecule is Cc1ccc(N(c2ccc3c(c2)C(C)(C)c2cc4c(cc2-3)C(C)(C)c2c-4ccc3ccccc23)c2cccc3c2oc2ccccc23)cc1C. The molecule has 0 aliphatic heterocycles. The minimum absolute atomic E-state index is 0.0985. The maximum absolute atomic E-state index is 6.62. The zero-order valence-electron chi connectivity index (χ0n) is 29.5. The molecule has 0 fully saturated rings. The first kappa shape index (κ1) is 29.3. The Kier molecular flexibility index (Phi) is 5.86. The maximum Gasteiger partial charge on any atom is 0.159 e. The predicted octanol–water partition coefficient (Wildman–Crippen LogP) is 13.4. The molecule has 2 heteroatoms. The van der Waals surface area contributed by atoms with Gasteiger partial charge in [0.1, 0.15) is 5.58 Å². The number of aryl methyl sites for hydroxylation is 2. The Balaban J connectivity index is 1.17. The fourth-order valence-electron chi connectivity index (χ4n) is 9.15. The lowest BCUT2D eigenvalue weighted by atomic mass is 9.78. The number of anilines is 3. The highest BCUT2D eigenvalue weighted by Gasteiger charge is 2.42. The van der Waals surface area contributed by atoms with Crippen LogP contribution in [0.15, 0.2) is 132 Å². The Hall–Kier alpha value is -5.60. The van der Waals surface area contributed by atoms with Gasteiger partial charge in [-0.2, -0.15) is 0 Å². The third-order valence-corrected chi connectivity index (χ3v) is 11.9. The third kappa shape index (κ3) is 3.85. The number of hydrogen-bond acceptors (Lipinski definition) is 2. The molecule has 1 aromatic heterocycles. The van der Waals surface area contributed by atoms with E-state index in [1.807, 2.05) is 6.07 Å². The van der Waals surface area contributed by atoms with Gasteiger partial charge in [-0.25, -0.2) is 0 Å². The molecular formula is C48H39NO.